The van der Waals surface area contributed by atoms with Gasteiger partial charge in [0.1, 0.15) is 0 Å². The first-order valence-corrected chi connectivity index (χ1v) is 16.2. The Morgan fingerprint density at radius 2 is 0.333 bits per heavy atom. The van der Waals surface area contributed by atoms with Gasteiger partial charge in [-0.2, -0.15) is 0 Å². The van der Waals surface area contributed by atoms with Gasteiger partial charge in [-0.05, 0) is 51.4 Å². The molecule has 0 aliphatic carbocycles. The van der Waals surface area contributed by atoms with E-state index in [4.69, 9.17) is 0 Å². The molecule has 2 nitrogen and oxygen atoms in total. The summed E-state index contributed by atoms with van der Waals surface area (Å²) in [4.78, 5) is 0. The molecule has 0 aromatic carbocycles. The van der Waals surface area contributed by atoms with Gasteiger partial charge in [0.05, 0.1) is 52.4 Å². The van der Waals surface area contributed by atoms with Gasteiger partial charge in [-0.1, -0.05) is 107 Å². The predicted octanol–water partition coefficient (Wildman–Crippen LogP) is -7.97. The Kier molecular flexibility index (Phi) is 97.5. The third-order valence-electron chi connectivity index (χ3n) is 7.89. The van der Waals surface area contributed by atoms with Crippen molar-refractivity contribution >= 4 is 0 Å². The van der Waals surface area contributed by atoms with Gasteiger partial charge in [0.25, 0.3) is 0 Å². The van der Waals surface area contributed by atoms with Gasteiger partial charge >= 0.3 is 40.8 Å². The molecule has 0 heterocycles. The van der Waals surface area contributed by atoms with Gasteiger partial charge in [0, 0.05) is 0 Å². The van der Waals surface area contributed by atoms with Crippen LogP contribution in [0.15, 0.2) is 0 Å². The quantitative estimate of drug-likeness (QED) is 0.0513. The van der Waals surface area contributed by atoms with E-state index in [1.54, 1.807) is 0 Å². The molecule has 0 aromatic heterocycles. The summed E-state index contributed by atoms with van der Waals surface area (Å²) >= 11 is 0. The second-order valence-corrected chi connectivity index (χ2v) is 11.3. The van der Waals surface area contributed by atoms with E-state index in [-0.39, 0.29) is 185 Å². The molecule has 0 N–H and O–H groups in total. The molecule has 0 spiro atoms. The van der Waals surface area contributed by atoms with E-state index in [1.807, 2.05) is 0 Å². The fourth-order valence-electron chi connectivity index (χ4n) is 5.29. The maximum atomic E-state index is 2.33. The molecule has 42 heavy (non-hydrogen) atoms. The van der Waals surface area contributed by atoms with Crippen LogP contribution < -0.4 is 144 Å². The SMILES string of the molecule is CCCC[N+](CCCC)(CCCC)CCCC.CCCC[N+](CCCC)(CCCC)CCCC.[I-].[I-].[I-].[I-].[I-].[I-].[Pd+2].[Pd+2]. The summed E-state index contributed by atoms with van der Waals surface area (Å²) in [7, 11) is 0. The van der Waals surface area contributed by atoms with E-state index >= 15 is 0 Å². The van der Waals surface area contributed by atoms with Crippen LogP contribution in [0.4, 0.5) is 0 Å². The molecule has 0 aromatic rings. The summed E-state index contributed by atoms with van der Waals surface area (Å²) in [6.45, 7) is 30.0. The second kappa shape index (κ2) is 56.0. The average Bonchev–Trinajstić information content (AvgIpc) is 2.87. The van der Waals surface area contributed by atoms with Crippen LogP contribution >= 0.6 is 0 Å². The maximum absolute atomic E-state index is 2.33. The number of unbranched alkanes of at least 4 members (excludes halogenated alkanes) is 8. The molecule has 0 fully saturated rings. The molecule has 0 amide bonds. The smallest absolute Gasteiger partial charge is 1.00 e. The molecule has 0 saturated heterocycles. The number of nitrogens with zero attached hydrogens (tertiary/aromatic N) is 2. The van der Waals surface area contributed by atoms with Crippen molar-refractivity contribution in [2.45, 2.75) is 158 Å². The Balaban J connectivity index is -0.0000000512. The number of halogens is 6. The van der Waals surface area contributed by atoms with Gasteiger partial charge < -0.3 is 153 Å². The van der Waals surface area contributed by atoms with Crippen molar-refractivity contribution < 1.29 is 194 Å². The molecule has 0 bridgehead atoms. The van der Waals surface area contributed by atoms with Crippen LogP contribution in [0.25, 0.3) is 0 Å². The van der Waals surface area contributed by atoms with E-state index < -0.39 is 0 Å². The van der Waals surface area contributed by atoms with E-state index in [0.29, 0.717) is 0 Å². The van der Waals surface area contributed by atoms with E-state index in [0.717, 1.165) is 0 Å². The molecule has 10 heteroatoms. The van der Waals surface area contributed by atoms with Gasteiger partial charge in [-0.3, -0.25) is 0 Å². The topological polar surface area (TPSA) is 0 Å². The average molecular weight is 1460 g/mol. The zero-order chi connectivity index (χ0) is 26.0. The summed E-state index contributed by atoms with van der Waals surface area (Å²) in [5.74, 6) is 0. The first kappa shape index (κ1) is 73.1. The Morgan fingerprint density at radius 1 is 0.238 bits per heavy atom. The van der Waals surface area contributed by atoms with Crippen molar-refractivity contribution in [3.05, 3.63) is 0 Å². The molecular weight excluding hydrogens is 1390 g/mol. The van der Waals surface area contributed by atoms with Crippen molar-refractivity contribution in [2.24, 2.45) is 0 Å². The number of quaternary nitrogens is 2. The van der Waals surface area contributed by atoms with Gasteiger partial charge in [0.15, 0.2) is 0 Å². The zero-order valence-corrected chi connectivity index (χ0v) is 44.8. The summed E-state index contributed by atoms with van der Waals surface area (Å²) in [6.07, 6.45) is 22.1. The molecule has 0 atom stereocenters. The van der Waals surface area contributed by atoms with Crippen LogP contribution in [0.1, 0.15) is 158 Å². The normalized spacial score (nSPS) is 9.71. The van der Waals surface area contributed by atoms with Crippen molar-refractivity contribution in [2.75, 3.05) is 52.4 Å². The van der Waals surface area contributed by atoms with E-state index in [9.17, 15) is 0 Å². The molecule has 0 aliphatic rings. The zero-order valence-electron chi connectivity index (χ0n) is 28.8. The fraction of sp³-hybridized carbons (Fsp3) is 1.00. The minimum absolute atomic E-state index is 0. The fourth-order valence-corrected chi connectivity index (χ4v) is 5.29. The molecule has 0 radical (unpaired) electrons. The first-order valence-electron chi connectivity index (χ1n) is 16.2. The van der Waals surface area contributed by atoms with E-state index in [1.165, 1.54) is 164 Å². The number of hydrogen-bond donors (Lipinski definition) is 0. The van der Waals surface area contributed by atoms with Crippen LogP contribution in [0, 0.1) is 0 Å². The van der Waals surface area contributed by atoms with Crippen LogP contribution in [-0.4, -0.2) is 61.3 Å². The Hall–Kier alpha value is 5.62. The van der Waals surface area contributed by atoms with Crippen LogP contribution in [0.2, 0.25) is 0 Å². The number of hydrogen-bond acceptors (Lipinski definition) is 0. The van der Waals surface area contributed by atoms with Crippen LogP contribution in [-0.2, 0) is 40.8 Å². The summed E-state index contributed by atoms with van der Waals surface area (Å²) in [5, 5.41) is 0. The minimum atomic E-state index is 0. The first-order chi connectivity index (χ1) is 16.5. The molecule has 0 saturated carbocycles. The van der Waals surface area contributed by atoms with Crippen molar-refractivity contribution in [3.8, 4) is 0 Å². The second-order valence-electron chi connectivity index (χ2n) is 11.3. The molecule has 0 rings (SSSR count). The monoisotopic (exact) mass is 1460 g/mol. The van der Waals surface area contributed by atoms with Gasteiger partial charge in [-0.15, -0.1) is 0 Å². The standard InChI is InChI=1S/2C16H36N.6HI.2Pd/c2*1-5-9-13-17(14-10-6-2,15-11-7-3)16-12-8-4;;;;;;;;/h2*5-16H2,1-4H3;6*1H;;/q2*+1;;;;;;;2*+2/p-6. The predicted molar refractivity (Wildman–Crippen MR) is 159 cm³/mol. The summed E-state index contributed by atoms with van der Waals surface area (Å²) in [5.41, 5.74) is 0. The largest absolute Gasteiger partial charge is 2.00 e. The third-order valence-corrected chi connectivity index (χ3v) is 7.89. The maximum Gasteiger partial charge on any atom is 2.00 e. The Labute approximate surface area is 397 Å². The number of rotatable bonds is 24. The Morgan fingerprint density at radius 3 is 0.405 bits per heavy atom. The molecule has 272 valence electrons. The van der Waals surface area contributed by atoms with Gasteiger partial charge in [0.2, 0.25) is 0 Å². The molecule has 0 aliphatic heterocycles. The molecular formula is C32H72I6N2Pd2. The van der Waals surface area contributed by atoms with Crippen molar-refractivity contribution in [1.82, 2.24) is 0 Å². The van der Waals surface area contributed by atoms with Crippen molar-refractivity contribution in [1.29, 1.82) is 0 Å². The van der Waals surface area contributed by atoms with Crippen LogP contribution in [0.3, 0.4) is 0 Å². The summed E-state index contributed by atoms with van der Waals surface area (Å²) < 4.78 is 2.84. The summed E-state index contributed by atoms with van der Waals surface area (Å²) in [6, 6.07) is 0. The minimum Gasteiger partial charge on any atom is -1.00 e. The van der Waals surface area contributed by atoms with E-state index in [2.05, 4.69) is 55.4 Å². The third kappa shape index (κ3) is 43.6. The van der Waals surface area contributed by atoms with Crippen molar-refractivity contribution in [3.63, 3.8) is 0 Å². The van der Waals surface area contributed by atoms with Gasteiger partial charge in [-0.25, -0.2) is 0 Å². The molecule has 0 unspecified atom stereocenters. The Bertz CT molecular complexity index is 304. The van der Waals surface area contributed by atoms with Crippen LogP contribution in [0.5, 0.6) is 0 Å².